The topological polar surface area (TPSA) is 54.0 Å². The van der Waals surface area contributed by atoms with Gasteiger partial charge in [-0.15, -0.1) is 0 Å². The number of ether oxygens (including phenoxy) is 1. The molecule has 0 fully saturated rings. The zero-order valence-electron chi connectivity index (χ0n) is 11.6. The van der Waals surface area contributed by atoms with Crippen LogP contribution in [0, 0.1) is 0 Å². The molecule has 104 valence electrons. The number of hydrogen-bond donors (Lipinski definition) is 0. The number of allylic oxidation sites excluding steroid dienone is 3. The molecule has 0 spiro atoms. The van der Waals surface area contributed by atoms with E-state index in [9.17, 15) is 4.79 Å². The molecule has 0 rings (SSSR count). The first-order chi connectivity index (χ1) is 8.60. The molecule has 0 saturated carbocycles. The molecule has 6 heteroatoms. The van der Waals surface area contributed by atoms with Crippen LogP contribution in [0.1, 0.15) is 20.3 Å². The van der Waals surface area contributed by atoms with Crippen LogP contribution in [0.4, 0.5) is 0 Å². The molecule has 1 unspecified atom stereocenters. The largest absolute Gasteiger partial charge is 0.543 e. The van der Waals surface area contributed by atoms with Crippen molar-refractivity contribution in [3.63, 3.8) is 0 Å². The molecule has 0 heterocycles. The third kappa shape index (κ3) is 4.73. The highest BCUT2D eigenvalue weighted by Gasteiger charge is 2.49. The third-order valence-electron chi connectivity index (χ3n) is 2.41. The smallest absolute Gasteiger partial charge is 0.455 e. The molecule has 0 amide bonds. The quantitative estimate of drug-likeness (QED) is 0.293. The number of esters is 1. The van der Waals surface area contributed by atoms with E-state index < -0.39 is 20.5 Å². The first kappa shape index (κ1) is 17.0. The van der Waals surface area contributed by atoms with Crippen molar-refractivity contribution in [3.05, 3.63) is 24.3 Å². The summed E-state index contributed by atoms with van der Waals surface area (Å²) in [7, 11) is 1.52. The predicted molar refractivity (Wildman–Crippen MR) is 70.9 cm³/mol. The van der Waals surface area contributed by atoms with E-state index in [2.05, 4.69) is 0 Å². The van der Waals surface area contributed by atoms with Gasteiger partial charge in [-0.2, -0.15) is 0 Å². The Morgan fingerprint density at radius 1 is 1.17 bits per heavy atom. The van der Waals surface area contributed by atoms with Crippen LogP contribution in [0.15, 0.2) is 24.3 Å². The van der Waals surface area contributed by atoms with Crippen molar-refractivity contribution in [3.8, 4) is 0 Å². The highest BCUT2D eigenvalue weighted by molar-refractivity contribution is 6.62. The SMILES string of the molecule is C/C=C/C=C/C(=O)OC(CC)[Si](OC)(OC)OC. The standard InChI is InChI=1S/C12H22O5Si/c1-6-8-9-10-11(13)17-12(7-2)18(14-3,15-4)16-5/h6,8-10,12H,7H2,1-5H3/b8-6+,10-9+. The number of carbonyl (C=O) groups is 1. The molecule has 18 heavy (non-hydrogen) atoms. The molecule has 5 nitrogen and oxygen atoms in total. The fourth-order valence-electron chi connectivity index (χ4n) is 1.47. The summed E-state index contributed by atoms with van der Waals surface area (Å²) >= 11 is 0. The summed E-state index contributed by atoms with van der Waals surface area (Å²) in [5.74, 6) is -0.442. The zero-order valence-corrected chi connectivity index (χ0v) is 12.6. The molecule has 0 aliphatic heterocycles. The molecule has 1 atom stereocenters. The van der Waals surface area contributed by atoms with Gasteiger partial charge in [0.1, 0.15) is 0 Å². The fraction of sp³-hybridized carbons (Fsp3) is 0.583. The lowest BCUT2D eigenvalue weighted by Crippen LogP contribution is -2.55. The lowest BCUT2D eigenvalue weighted by molar-refractivity contribution is -0.142. The van der Waals surface area contributed by atoms with E-state index >= 15 is 0 Å². The Morgan fingerprint density at radius 2 is 1.72 bits per heavy atom. The van der Waals surface area contributed by atoms with Crippen LogP contribution in [0.2, 0.25) is 0 Å². The predicted octanol–water partition coefficient (Wildman–Crippen LogP) is 1.86. The second kappa shape index (κ2) is 9.04. The lowest BCUT2D eigenvalue weighted by atomic mass is 10.4. The maximum Gasteiger partial charge on any atom is 0.543 e. The summed E-state index contributed by atoms with van der Waals surface area (Å²) in [4.78, 5) is 11.6. The minimum absolute atomic E-state index is 0.442. The van der Waals surface area contributed by atoms with E-state index in [1.807, 2.05) is 19.9 Å². The summed E-state index contributed by atoms with van der Waals surface area (Å²) < 4.78 is 21.2. The molecule has 0 bridgehead atoms. The third-order valence-corrected chi connectivity index (χ3v) is 5.43. The van der Waals surface area contributed by atoms with Crippen LogP contribution < -0.4 is 0 Å². The van der Waals surface area contributed by atoms with Crippen molar-refractivity contribution in [2.75, 3.05) is 21.3 Å². The Kier molecular flexibility index (Phi) is 8.56. The van der Waals surface area contributed by atoms with Crippen molar-refractivity contribution in [2.45, 2.75) is 26.0 Å². The van der Waals surface area contributed by atoms with Crippen LogP contribution in [0.25, 0.3) is 0 Å². The van der Waals surface area contributed by atoms with E-state index in [1.54, 1.807) is 12.2 Å². The van der Waals surface area contributed by atoms with E-state index in [1.165, 1.54) is 27.4 Å². The Balaban J connectivity index is 4.72. The van der Waals surface area contributed by atoms with Crippen molar-refractivity contribution in [1.29, 1.82) is 0 Å². The van der Waals surface area contributed by atoms with Crippen LogP contribution in [-0.4, -0.2) is 41.8 Å². The highest BCUT2D eigenvalue weighted by Crippen LogP contribution is 2.18. The second-order valence-electron chi connectivity index (χ2n) is 3.43. The van der Waals surface area contributed by atoms with Gasteiger partial charge in [0.15, 0.2) is 5.73 Å². The molecule has 0 aliphatic carbocycles. The van der Waals surface area contributed by atoms with Gasteiger partial charge in [-0.05, 0) is 13.3 Å². The van der Waals surface area contributed by atoms with Crippen molar-refractivity contribution >= 4 is 14.8 Å². The van der Waals surface area contributed by atoms with Gasteiger partial charge in [0.25, 0.3) is 0 Å². The van der Waals surface area contributed by atoms with Gasteiger partial charge in [0.05, 0.1) is 0 Å². The fourth-order valence-corrected chi connectivity index (χ4v) is 3.52. The van der Waals surface area contributed by atoms with Gasteiger partial charge in [-0.3, -0.25) is 0 Å². The zero-order chi connectivity index (χ0) is 14.0. The van der Waals surface area contributed by atoms with E-state index in [-0.39, 0.29) is 0 Å². The molecule has 0 aromatic heterocycles. The molecule has 0 aromatic carbocycles. The second-order valence-corrected chi connectivity index (χ2v) is 6.51. The molecule has 0 saturated heterocycles. The average molecular weight is 274 g/mol. The van der Waals surface area contributed by atoms with E-state index in [0.717, 1.165) is 0 Å². The number of hydrogen-bond acceptors (Lipinski definition) is 5. The van der Waals surface area contributed by atoms with Crippen LogP contribution in [0.5, 0.6) is 0 Å². The van der Waals surface area contributed by atoms with Gasteiger partial charge >= 0.3 is 14.8 Å². The van der Waals surface area contributed by atoms with E-state index in [4.69, 9.17) is 18.0 Å². The Bertz CT molecular complexity index is 289. The minimum atomic E-state index is -2.95. The van der Waals surface area contributed by atoms with Crippen LogP contribution in [-0.2, 0) is 22.8 Å². The Morgan fingerprint density at radius 3 is 2.11 bits per heavy atom. The van der Waals surface area contributed by atoms with Gasteiger partial charge in [-0.1, -0.05) is 25.2 Å². The van der Waals surface area contributed by atoms with Gasteiger partial charge in [0.2, 0.25) is 0 Å². The molecular formula is C12H22O5Si. The molecule has 0 N–H and O–H groups in total. The van der Waals surface area contributed by atoms with Crippen molar-refractivity contribution in [2.24, 2.45) is 0 Å². The van der Waals surface area contributed by atoms with Crippen LogP contribution in [0.3, 0.4) is 0 Å². The highest BCUT2D eigenvalue weighted by atomic mass is 28.4. The first-order valence-corrected chi connectivity index (χ1v) is 7.55. The van der Waals surface area contributed by atoms with Crippen LogP contribution >= 0.6 is 0 Å². The maximum absolute atomic E-state index is 11.6. The molecular weight excluding hydrogens is 252 g/mol. The summed E-state index contributed by atoms with van der Waals surface area (Å²) in [5, 5.41) is 0. The number of carbonyl (C=O) groups excluding carboxylic acids is 1. The minimum Gasteiger partial charge on any atom is -0.455 e. The average Bonchev–Trinajstić information content (AvgIpc) is 2.40. The Hall–Kier alpha value is -0.953. The normalized spacial score (nSPS) is 14.3. The van der Waals surface area contributed by atoms with Crippen molar-refractivity contribution in [1.82, 2.24) is 0 Å². The summed E-state index contributed by atoms with van der Waals surface area (Å²) in [6, 6.07) is 0. The van der Waals surface area contributed by atoms with Crippen molar-refractivity contribution < 1.29 is 22.8 Å². The Labute approximate surface area is 110 Å². The lowest BCUT2D eigenvalue weighted by Gasteiger charge is -2.30. The molecule has 0 radical (unpaired) electrons. The van der Waals surface area contributed by atoms with Gasteiger partial charge < -0.3 is 18.0 Å². The molecule has 0 aliphatic rings. The first-order valence-electron chi connectivity index (χ1n) is 5.75. The summed E-state index contributed by atoms with van der Waals surface area (Å²) in [6.45, 7) is 3.75. The van der Waals surface area contributed by atoms with Gasteiger partial charge in [0, 0.05) is 27.4 Å². The number of rotatable bonds is 8. The van der Waals surface area contributed by atoms with Gasteiger partial charge in [-0.25, -0.2) is 4.79 Å². The van der Waals surface area contributed by atoms with E-state index in [0.29, 0.717) is 6.42 Å². The summed E-state index contributed by atoms with van der Waals surface area (Å²) in [6.07, 6.45) is 7.09. The monoisotopic (exact) mass is 274 g/mol. The summed E-state index contributed by atoms with van der Waals surface area (Å²) in [5.41, 5.74) is -0.514. The maximum atomic E-state index is 11.6. The molecule has 0 aromatic rings.